The van der Waals surface area contributed by atoms with Crippen LogP contribution in [0.4, 0.5) is 5.13 Å². The zero-order valence-electron chi connectivity index (χ0n) is 14.3. The number of nitrogens with zero attached hydrogens (tertiary/aromatic N) is 1. The lowest BCUT2D eigenvalue weighted by Gasteiger charge is -2.08. The van der Waals surface area contributed by atoms with E-state index in [-0.39, 0.29) is 18.0 Å². The summed E-state index contributed by atoms with van der Waals surface area (Å²) < 4.78 is 5.06. The van der Waals surface area contributed by atoms with E-state index in [1.807, 2.05) is 0 Å². The van der Waals surface area contributed by atoms with Crippen molar-refractivity contribution < 1.29 is 14.3 Å². The third-order valence-corrected chi connectivity index (χ3v) is 5.17. The summed E-state index contributed by atoms with van der Waals surface area (Å²) in [7, 11) is 0. The van der Waals surface area contributed by atoms with Gasteiger partial charge in [0.1, 0.15) is 5.92 Å². The van der Waals surface area contributed by atoms with Gasteiger partial charge in [-0.3, -0.25) is 19.4 Å². The van der Waals surface area contributed by atoms with Crippen LogP contribution in [0.1, 0.15) is 41.1 Å². The van der Waals surface area contributed by atoms with Gasteiger partial charge in [0.2, 0.25) is 5.91 Å². The molecule has 0 spiro atoms. The number of hydrogen-bond donors (Lipinski definition) is 3. The van der Waals surface area contributed by atoms with Crippen LogP contribution in [0.25, 0.3) is 0 Å². The molecule has 0 unspecified atom stereocenters. The molecule has 1 aliphatic carbocycles. The van der Waals surface area contributed by atoms with E-state index in [1.165, 1.54) is 11.3 Å². The summed E-state index contributed by atoms with van der Waals surface area (Å²) in [5.74, 6) is -1.12. The van der Waals surface area contributed by atoms with Crippen molar-refractivity contribution in [2.75, 3.05) is 11.9 Å². The van der Waals surface area contributed by atoms with Crippen molar-refractivity contribution in [2.24, 2.45) is 0 Å². The first-order chi connectivity index (χ1) is 12.4. The van der Waals surface area contributed by atoms with Crippen molar-refractivity contribution in [1.82, 2.24) is 15.0 Å². The van der Waals surface area contributed by atoms with Gasteiger partial charge in [-0.1, -0.05) is 0 Å². The number of aromatic amines is 2. The van der Waals surface area contributed by atoms with Crippen LogP contribution < -0.4 is 16.6 Å². The quantitative estimate of drug-likeness (QED) is 0.653. The zero-order valence-corrected chi connectivity index (χ0v) is 15.1. The van der Waals surface area contributed by atoms with Crippen LogP contribution in [0.3, 0.4) is 0 Å². The number of thiazole rings is 1. The van der Waals surface area contributed by atoms with E-state index in [0.29, 0.717) is 36.0 Å². The van der Waals surface area contributed by atoms with Crippen molar-refractivity contribution >= 4 is 28.3 Å². The Kier molecular flexibility index (Phi) is 5.03. The average molecular weight is 378 g/mol. The highest BCUT2D eigenvalue weighted by molar-refractivity contribution is 7.16. The topological polar surface area (TPSA) is 134 Å². The lowest BCUT2D eigenvalue weighted by molar-refractivity contribution is -0.145. The number of aryl methyl sites for hydroxylation is 2. The fourth-order valence-electron chi connectivity index (χ4n) is 2.92. The Labute approximate surface area is 151 Å². The maximum Gasteiger partial charge on any atom is 0.325 e. The smallest absolute Gasteiger partial charge is 0.325 e. The maximum absolute atomic E-state index is 12.2. The molecular formula is C16H18N4O5S. The van der Waals surface area contributed by atoms with Gasteiger partial charge < -0.3 is 15.0 Å². The third kappa shape index (κ3) is 3.59. The van der Waals surface area contributed by atoms with Crippen LogP contribution in [0.5, 0.6) is 0 Å². The second-order valence-corrected chi connectivity index (χ2v) is 6.99. The van der Waals surface area contributed by atoms with Crippen LogP contribution >= 0.6 is 11.3 Å². The molecule has 10 heteroatoms. The van der Waals surface area contributed by atoms with Crippen LogP contribution in [0.2, 0.25) is 0 Å². The summed E-state index contributed by atoms with van der Waals surface area (Å²) in [5.41, 5.74) is -0.0150. The van der Waals surface area contributed by atoms with Crippen molar-refractivity contribution in [3.63, 3.8) is 0 Å². The van der Waals surface area contributed by atoms with E-state index < -0.39 is 23.1 Å². The van der Waals surface area contributed by atoms with E-state index in [0.717, 1.165) is 4.88 Å². The molecule has 0 radical (unpaired) electrons. The number of esters is 1. The van der Waals surface area contributed by atoms with E-state index in [9.17, 15) is 19.2 Å². The molecule has 1 atom stereocenters. The number of aromatic nitrogens is 3. The van der Waals surface area contributed by atoms with Gasteiger partial charge in [0.25, 0.3) is 5.56 Å². The molecule has 2 aromatic heterocycles. The Morgan fingerprint density at radius 1 is 1.35 bits per heavy atom. The fraction of sp³-hybridized carbons (Fsp3) is 0.438. The predicted octanol–water partition coefficient (Wildman–Crippen LogP) is 0.602. The molecule has 0 aliphatic heterocycles. The summed E-state index contributed by atoms with van der Waals surface area (Å²) in [5, 5.41) is 3.03. The lowest BCUT2D eigenvalue weighted by atomic mass is 10.1. The van der Waals surface area contributed by atoms with Crippen molar-refractivity contribution in [1.29, 1.82) is 0 Å². The molecule has 0 aromatic carbocycles. The third-order valence-electron chi connectivity index (χ3n) is 4.13. The van der Waals surface area contributed by atoms with Crippen LogP contribution in [0, 0.1) is 6.92 Å². The Morgan fingerprint density at radius 2 is 2.12 bits per heavy atom. The number of rotatable bonds is 5. The Balaban J connectivity index is 1.72. The summed E-state index contributed by atoms with van der Waals surface area (Å²) in [6.45, 7) is 3.62. The highest BCUT2D eigenvalue weighted by Crippen LogP contribution is 2.38. The van der Waals surface area contributed by atoms with Gasteiger partial charge in [-0.15, -0.1) is 11.3 Å². The van der Waals surface area contributed by atoms with Gasteiger partial charge in [0.05, 0.1) is 18.7 Å². The molecule has 138 valence electrons. The number of H-pyrrole nitrogens is 2. The van der Waals surface area contributed by atoms with Crippen LogP contribution in [-0.4, -0.2) is 33.4 Å². The summed E-state index contributed by atoms with van der Waals surface area (Å²) in [6.07, 6.45) is 1.18. The predicted molar refractivity (Wildman–Crippen MR) is 94.6 cm³/mol. The summed E-state index contributed by atoms with van der Waals surface area (Å²) in [6, 6.07) is 0. The maximum atomic E-state index is 12.2. The van der Waals surface area contributed by atoms with Gasteiger partial charge in [-0.25, -0.2) is 9.78 Å². The largest absolute Gasteiger partial charge is 0.465 e. The Bertz CT molecular complexity index is 974. The zero-order chi connectivity index (χ0) is 18.8. The molecule has 0 bridgehead atoms. The standard InChI is InChI=1S/C16H18N4O5S/c1-3-25-14(23)8-4-5-10-12(8)19-16(26-10)18-11(21)6-9-7(2)17-15(24)20-13(9)22/h8H,3-6H2,1-2H3,(H,18,19,21)(H2,17,20,22,24)/t8-/m1/s1. The minimum atomic E-state index is -0.613. The molecule has 26 heavy (non-hydrogen) atoms. The van der Waals surface area contributed by atoms with Crippen molar-refractivity contribution in [2.45, 2.75) is 39.0 Å². The van der Waals surface area contributed by atoms with Gasteiger partial charge in [-0.2, -0.15) is 0 Å². The number of nitrogens with one attached hydrogen (secondary N) is 3. The molecule has 9 nitrogen and oxygen atoms in total. The summed E-state index contributed by atoms with van der Waals surface area (Å²) in [4.78, 5) is 57.1. The molecular weight excluding hydrogens is 360 g/mol. The molecule has 2 heterocycles. The Hall–Kier alpha value is -2.75. The van der Waals surface area contributed by atoms with Gasteiger partial charge in [0, 0.05) is 16.1 Å². The first-order valence-electron chi connectivity index (χ1n) is 8.17. The van der Waals surface area contributed by atoms with E-state index in [1.54, 1.807) is 13.8 Å². The van der Waals surface area contributed by atoms with Gasteiger partial charge in [-0.05, 0) is 26.7 Å². The Morgan fingerprint density at radius 3 is 2.81 bits per heavy atom. The van der Waals surface area contributed by atoms with Crippen molar-refractivity contribution in [3.8, 4) is 0 Å². The van der Waals surface area contributed by atoms with E-state index in [2.05, 4.69) is 20.3 Å². The van der Waals surface area contributed by atoms with E-state index in [4.69, 9.17) is 4.74 Å². The molecule has 0 saturated carbocycles. The number of carbonyl (C=O) groups is 2. The molecule has 1 aliphatic rings. The minimum absolute atomic E-state index is 0.190. The fourth-order valence-corrected chi connectivity index (χ4v) is 3.97. The summed E-state index contributed by atoms with van der Waals surface area (Å²) >= 11 is 1.32. The number of ether oxygens (including phenoxy) is 1. The second-order valence-electron chi connectivity index (χ2n) is 5.91. The van der Waals surface area contributed by atoms with Gasteiger partial charge >= 0.3 is 11.7 Å². The normalized spacial score (nSPS) is 15.5. The number of hydrogen-bond acceptors (Lipinski definition) is 7. The van der Waals surface area contributed by atoms with Crippen LogP contribution in [-0.2, 0) is 27.2 Å². The number of anilines is 1. The average Bonchev–Trinajstić information content (AvgIpc) is 3.10. The van der Waals surface area contributed by atoms with Crippen LogP contribution in [0.15, 0.2) is 9.59 Å². The van der Waals surface area contributed by atoms with Crippen molar-refractivity contribution in [3.05, 3.63) is 42.7 Å². The molecule has 1 amide bonds. The first kappa shape index (κ1) is 18.1. The monoisotopic (exact) mass is 378 g/mol. The highest BCUT2D eigenvalue weighted by atomic mass is 32.1. The molecule has 0 fully saturated rings. The SMILES string of the molecule is CCOC(=O)[C@@H]1CCc2sc(NC(=O)Cc3c(C)[nH]c(=O)[nH]c3=O)nc21. The number of carbonyl (C=O) groups excluding carboxylic acids is 2. The second kappa shape index (κ2) is 7.24. The minimum Gasteiger partial charge on any atom is -0.465 e. The van der Waals surface area contributed by atoms with E-state index >= 15 is 0 Å². The highest BCUT2D eigenvalue weighted by Gasteiger charge is 2.33. The lowest BCUT2D eigenvalue weighted by Crippen LogP contribution is -2.29. The first-order valence-corrected chi connectivity index (χ1v) is 8.98. The number of amides is 1. The molecule has 2 aromatic rings. The van der Waals surface area contributed by atoms with Gasteiger partial charge in [0.15, 0.2) is 5.13 Å². The molecule has 3 N–H and O–H groups in total. The number of fused-ring (bicyclic) bond motifs is 1. The molecule has 0 saturated heterocycles. The molecule has 3 rings (SSSR count).